The van der Waals surface area contributed by atoms with Crippen LogP contribution in [-0.4, -0.2) is 28.4 Å². The Morgan fingerprint density at radius 3 is 2.09 bits per heavy atom. The minimum atomic E-state index is 0.280. The molecule has 1 amide bonds. The number of amides is 1. The van der Waals surface area contributed by atoms with Gasteiger partial charge in [-0.15, -0.1) is 0 Å². The number of aryl methyl sites for hydroxylation is 1. The number of halogens is 3. The van der Waals surface area contributed by atoms with Crippen molar-refractivity contribution < 1.29 is 4.79 Å². The summed E-state index contributed by atoms with van der Waals surface area (Å²) in [5.74, 6) is 0.280. The summed E-state index contributed by atoms with van der Waals surface area (Å²) >= 11 is 10.1. The van der Waals surface area contributed by atoms with Gasteiger partial charge in [-0.05, 0) is 43.7 Å². The maximum atomic E-state index is 11.9. The van der Waals surface area contributed by atoms with Gasteiger partial charge in [0.25, 0.3) is 0 Å². The maximum absolute atomic E-state index is 11.9. The van der Waals surface area contributed by atoms with Crippen LogP contribution in [0.3, 0.4) is 0 Å². The number of unbranched alkanes of at least 4 members (excludes halogenated alkanes) is 3. The van der Waals surface area contributed by atoms with E-state index >= 15 is 0 Å². The molecule has 23 heavy (non-hydrogen) atoms. The molecule has 0 saturated heterocycles. The van der Waals surface area contributed by atoms with Crippen LogP contribution >= 0.6 is 47.8 Å². The first-order valence-corrected chi connectivity index (χ1v) is 11.7. The Morgan fingerprint density at radius 2 is 1.43 bits per heavy atom. The van der Waals surface area contributed by atoms with E-state index in [2.05, 4.69) is 66.0 Å². The molecule has 1 aromatic carbocycles. The molecule has 130 valence electrons. The SMILES string of the molecule is BrCCCCBr.O=C1CCc2ccccc2N1CCCCCBr. The highest BCUT2D eigenvalue weighted by molar-refractivity contribution is 9.09. The molecule has 2 rings (SSSR count). The monoisotopic (exact) mass is 509 g/mol. The van der Waals surface area contributed by atoms with Crippen molar-refractivity contribution in [3.8, 4) is 0 Å². The smallest absolute Gasteiger partial charge is 0.227 e. The van der Waals surface area contributed by atoms with Gasteiger partial charge in [-0.2, -0.15) is 0 Å². The normalized spacial score (nSPS) is 13.3. The Kier molecular flexibility index (Phi) is 12.4. The number of rotatable bonds is 8. The standard InChI is InChI=1S/C14H18BrNO.C4H8Br2/c15-10-4-1-5-11-16-13-7-3-2-6-12(13)8-9-14(16)17;5-3-1-2-4-6/h2-3,6-7H,1,4-5,8-11H2;1-4H2. The van der Waals surface area contributed by atoms with E-state index in [0.29, 0.717) is 6.42 Å². The molecule has 1 aromatic rings. The van der Waals surface area contributed by atoms with E-state index in [0.717, 1.165) is 41.1 Å². The number of benzene rings is 1. The molecule has 0 bridgehead atoms. The first-order valence-electron chi connectivity index (χ1n) is 8.30. The quantitative estimate of drug-likeness (QED) is 0.305. The predicted molar refractivity (Wildman–Crippen MR) is 112 cm³/mol. The summed E-state index contributed by atoms with van der Waals surface area (Å²) in [5.41, 5.74) is 2.44. The van der Waals surface area contributed by atoms with Crippen molar-refractivity contribution in [2.75, 3.05) is 27.4 Å². The molecule has 0 aliphatic carbocycles. The van der Waals surface area contributed by atoms with Crippen LogP contribution in [0.1, 0.15) is 44.1 Å². The molecule has 0 atom stereocenters. The topological polar surface area (TPSA) is 20.3 Å². The predicted octanol–water partition coefficient (Wildman–Crippen LogP) is 6.09. The van der Waals surface area contributed by atoms with E-state index in [9.17, 15) is 4.79 Å². The molecule has 1 aliphatic heterocycles. The number of anilines is 1. The second-order valence-electron chi connectivity index (χ2n) is 5.51. The van der Waals surface area contributed by atoms with Crippen molar-refractivity contribution in [2.45, 2.75) is 44.9 Å². The van der Waals surface area contributed by atoms with E-state index in [1.807, 2.05) is 11.0 Å². The van der Waals surface area contributed by atoms with Crippen molar-refractivity contribution in [1.82, 2.24) is 0 Å². The molecular formula is C18H26Br3NO. The average Bonchev–Trinajstić information content (AvgIpc) is 2.59. The van der Waals surface area contributed by atoms with Gasteiger partial charge in [0.05, 0.1) is 0 Å². The Hall–Kier alpha value is 0.130. The van der Waals surface area contributed by atoms with Crippen LogP contribution in [-0.2, 0) is 11.2 Å². The molecule has 0 aromatic heterocycles. The van der Waals surface area contributed by atoms with Crippen LogP contribution in [0.25, 0.3) is 0 Å². The second-order valence-corrected chi connectivity index (χ2v) is 7.89. The zero-order valence-corrected chi connectivity index (χ0v) is 18.3. The Labute approximate surface area is 165 Å². The van der Waals surface area contributed by atoms with Gasteiger partial charge in [0, 0.05) is 34.6 Å². The van der Waals surface area contributed by atoms with Crippen molar-refractivity contribution in [2.24, 2.45) is 0 Å². The summed E-state index contributed by atoms with van der Waals surface area (Å²) in [6, 6.07) is 8.27. The lowest BCUT2D eigenvalue weighted by Crippen LogP contribution is -2.35. The Morgan fingerprint density at radius 1 is 0.826 bits per heavy atom. The zero-order valence-electron chi connectivity index (χ0n) is 13.6. The molecule has 1 aliphatic rings. The molecule has 0 saturated carbocycles. The number of carbonyl (C=O) groups is 1. The first-order chi connectivity index (χ1) is 11.2. The highest BCUT2D eigenvalue weighted by Crippen LogP contribution is 2.27. The van der Waals surface area contributed by atoms with Crippen molar-refractivity contribution in [1.29, 1.82) is 0 Å². The van der Waals surface area contributed by atoms with Crippen LogP contribution in [0.15, 0.2) is 24.3 Å². The molecule has 2 nitrogen and oxygen atoms in total. The van der Waals surface area contributed by atoms with Crippen molar-refractivity contribution >= 4 is 59.4 Å². The minimum absolute atomic E-state index is 0.280. The van der Waals surface area contributed by atoms with Gasteiger partial charge in [0.2, 0.25) is 5.91 Å². The number of hydrogen-bond donors (Lipinski definition) is 0. The summed E-state index contributed by atoms with van der Waals surface area (Å²) in [6.07, 6.45) is 7.57. The van der Waals surface area contributed by atoms with E-state index in [1.54, 1.807) is 0 Å². The van der Waals surface area contributed by atoms with E-state index in [1.165, 1.54) is 31.2 Å². The van der Waals surface area contributed by atoms with Gasteiger partial charge in [-0.25, -0.2) is 0 Å². The van der Waals surface area contributed by atoms with Gasteiger partial charge < -0.3 is 4.90 Å². The highest BCUT2D eigenvalue weighted by Gasteiger charge is 2.22. The lowest BCUT2D eigenvalue weighted by atomic mass is 10.0. The molecule has 0 N–H and O–H groups in total. The minimum Gasteiger partial charge on any atom is -0.312 e. The fraction of sp³-hybridized carbons (Fsp3) is 0.611. The Balaban J connectivity index is 0.000000379. The summed E-state index contributed by atoms with van der Waals surface area (Å²) in [4.78, 5) is 13.9. The zero-order chi connectivity index (χ0) is 16.9. The molecule has 0 spiro atoms. The number of fused-ring (bicyclic) bond motifs is 1. The van der Waals surface area contributed by atoms with E-state index in [4.69, 9.17) is 0 Å². The van der Waals surface area contributed by atoms with Crippen LogP contribution < -0.4 is 4.90 Å². The number of para-hydroxylation sites is 1. The molecule has 0 unspecified atom stereocenters. The summed E-state index contributed by atoms with van der Waals surface area (Å²) < 4.78 is 0. The molecule has 5 heteroatoms. The summed E-state index contributed by atoms with van der Waals surface area (Å²) in [7, 11) is 0. The third-order valence-electron chi connectivity index (χ3n) is 3.72. The molecule has 0 fully saturated rings. The molecule has 1 heterocycles. The third-order valence-corrected chi connectivity index (χ3v) is 5.41. The van der Waals surface area contributed by atoms with Crippen LogP contribution in [0.2, 0.25) is 0 Å². The van der Waals surface area contributed by atoms with Crippen LogP contribution in [0.4, 0.5) is 5.69 Å². The van der Waals surface area contributed by atoms with Gasteiger partial charge >= 0.3 is 0 Å². The summed E-state index contributed by atoms with van der Waals surface area (Å²) in [5, 5.41) is 3.33. The lowest BCUT2D eigenvalue weighted by Gasteiger charge is -2.29. The number of alkyl halides is 3. The largest absolute Gasteiger partial charge is 0.312 e. The number of nitrogens with zero attached hydrogens (tertiary/aromatic N) is 1. The summed E-state index contributed by atoms with van der Waals surface area (Å²) in [6.45, 7) is 0.864. The van der Waals surface area contributed by atoms with E-state index in [-0.39, 0.29) is 5.91 Å². The first kappa shape index (κ1) is 21.2. The van der Waals surface area contributed by atoms with Crippen molar-refractivity contribution in [3.05, 3.63) is 29.8 Å². The highest BCUT2D eigenvalue weighted by atomic mass is 79.9. The Bertz CT molecular complexity index is 450. The molecular weight excluding hydrogens is 486 g/mol. The van der Waals surface area contributed by atoms with Gasteiger partial charge in [-0.1, -0.05) is 72.4 Å². The maximum Gasteiger partial charge on any atom is 0.227 e. The number of hydrogen-bond acceptors (Lipinski definition) is 1. The molecule has 0 radical (unpaired) electrons. The lowest BCUT2D eigenvalue weighted by molar-refractivity contribution is -0.118. The number of carbonyl (C=O) groups excluding carboxylic acids is 1. The van der Waals surface area contributed by atoms with Crippen LogP contribution in [0.5, 0.6) is 0 Å². The fourth-order valence-corrected chi connectivity index (χ4v) is 3.66. The van der Waals surface area contributed by atoms with Gasteiger partial charge in [-0.3, -0.25) is 4.79 Å². The van der Waals surface area contributed by atoms with Gasteiger partial charge in [0.1, 0.15) is 0 Å². The second kappa shape index (κ2) is 13.4. The van der Waals surface area contributed by atoms with Crippen LogP contribution in [0, 0.1) is 0 Å². The van der Waals surface area contributed by atoms with Gasteiger partial charge in [0.15, 0.2) is 0 Å². The van der Waals surface area contributed by atoms with Crippen molar-refractivity contribution in [3.63, 3.8) is 0 Å². The fourth-order valence-electron chi connectivity index (χ4n) is 2.47. The third kappa shape index (κ3) is 8.17. The van der Waals surface area contributed by atoms with E-state index < -0.39 is 0 Å². The average molecular weight is 512 g/mol.